The maximum absolute atomic E-state index is 13.1. The molecular weight excluding hydrogens is 396 g/mol. The van der Waals surface area contributed by atoms with Gasteiger partial charge in [0.25, 0.3) is 0 Å². The smallest absolute Gasteiger partial charge is 0.318 e. The standard InChI is InChI=1S/C29H22O3/c1-19(20-9-3-2-4-10-20)29(31)32-26-18-16-22-12-6-8-14-24(22)28(26)27-23-13-7-5-11-21(23)15-17-25(27)30/h2-19,30H,1H3/t19-/m1/s1. The molecule has 1 N–H and O–H groups in total. The van der Waals surface area contributed by atoms with E-state index in [-0.39, 0.29) is 11.7 Å². The van der Waals surface area contributed by atoms with Crippen LogP contribution in [0.3, 0.4) is 0 Å². The number of rotatable bonds is 4. The molecule has 1 atom stereocenters. The Morgan fingerprint density at radius 3 is 1.94 bits per heavy atom. The van der Waals surface area contributed by atoms with E-state index in [1.54, 1.807) is 6.07 Å². The highest BCUT2D eigenvalue weighted by Crippen LogP contribution is 2.45. The summed E-state index contributed by atoms with van der Waals surface area (Å²) in [6.07, 6.45) is 0. The summed E-state index contributed by atoms with van der Waals surface area (Å²) in [5, 5.41) is 14.7. The average molecular weight is 418 g/mol. The molecule has 0 aliphatic heterocycles. The van der Waals surface area contributed by atoms with Crippen molar-refractivity contribution in [2.45, 2.75) is 12.8 Å². The van der Waals surface area contributed by atoms with Gasteiger partial charge in [0.1, 0.15) is 11.5 Å². The van der Waals surface area contributed by atoms with E-state index < -0.39 is 5.92 Å². The summed E-state index contributed by atoms with van der Waals surface area (Å²) in [6.45, 7) is 1.84. The molecule has 3 heteroatoms. The molecule has 0 aliphatic carbocycles. The highest BCUT2D eigenvalue weighted by atomic mass is 16.5. The number of carbonyl (C=O) groups is 1. The predicted octanol–water partition coefficient (Wildman–Crippen LogP) is 7.07. The second-order valence-electron chi connectivity index (χ2n) is 7.89. The third-order valence-corrected chi connectivity index (χ3v) is 5.91. The summed E-state index contributed by atoms with van der Waals surface area (Å²) < 4.78 is 5.98. The number of fused-ring (bicyclic) bond motifs is 2. The molecule has 5 aromatic rings. The van der Waals surface area contributed by atoms with Gasteiger partial charge in [-0.2, -0.15) is 0 Å². The number of esters is 1. The Kier molecular flexibility index (Phi) is 5.08. The van der Waals surface area contributed by atoms with E-state index in [9.17, 15) is 9.90 Å². The van der Waals surface area contributed by atoms with E-state index in [2.05, 4.69) is 0 Å². The van der Waals surface area contributed by atoms with Crippen LogP contribution in [0.5, 0.6) is 11.5 Å². The van der Waals surface area contributed by atoms with Crippen LogP contribution in [0, 0.1) is 0 Å². The van der Waals surface area contributed by atoms with Gasteiger partial charge in [-0.15, -0.1) is 0 Å². The van der Waals surface area contributed by atoms with Gasteiger partial charge in [0.05, 0.1) is 5.92 Å². The van der Waals surface area contributed by atoms with Crippen LogP contribution in [0.2, 0.25) is 0 Å². The van der Waals surface area contributed by atoms with E-state index in [4.69, 9.17) is 4.74 Å². The van der Waals surface area contributed by atoms with Crippen molar-refractivity contribution in [1.29, 1.82) is 0 Å². The SMILES string of the molecule is C[C@@H](C(=O)Oc1ccc2ccccc2c1-c1c(O)ccc2ccccc12)c1ccccc1. The average Bonchev–Trinajstić information content (AvgIpc) is 2.84. The minimum Gasteiger partial charge on any atom is -0.507 e. The number of phenolic OH excluding ortho intramolecular Hbond substituents is 1. The zero-order chi connectivity index (χ0) is 22.1. The van der Waals surface area contributed by atoms with E-state index in [0.717, 1.165) is 27.1 Å². The third kappa shape index (κ3) is 3.48. The third-order valence-electron chi connectivity index (χ3n) is 5.91. The van der Waals surface area contributed by atoms with E-state index >= 15 is 0 Å². The molecule has 0 fully saturated rings. The first-order valence-electron chi connectivity index (χ1n) is 10.6. The summed E-state index contributed by atoms with van der Waals surface area (Å²) in [5.41, 5.74) is 2.27. The zero-order valence-electron chi connectivity index (χ0n) is 17.7. The molecule has 0 spiro atoms. The number of benzene rings is 5. The molecule has 0 aliphatic rings. The second-order valence-corrected chi connectivity index (χ2v) is 7.89. The molecular formula is C29H22O3. The Balaban J connectivity index is 1.70. The maximum Gasteiger partial charge on any atom is 0.318 e. The lowest BCUT2D eigenvalue weighted by Gasteiger charge is -2.18. The van der Waals surface area contributed by atoms with Crippen molar-refractivity contribution in [2.24, 2.45) is 0 Å². The highest BCUT2D eigenvalue weighted by Gasteiger charge is 2.22. The lowest BCUT2D eigenvalue weighted by atomic mass is 9.92. The summed E-state index contributed by atoms with van der Waals surface area (Å²) >= 11 is 0. The Bertz CT molecular complexity index is 1440. The lowest BCUT2D eigenvalue weighted by molar-refractivity contribution is -0.135. The quantitative estimate of drug-likeness (QED) is 0.251. The van der Waals surface area contributed by atoms with E-state index in [0.29, 0.717) is 16.9 Å². The van der Waals surface area contributed by atoms with Crippen molar-refractivity contribution in [3.8, 4) is 22.6 Å². The number of ether oxygens (including phenoxy) is 1. The van der Waals surface area contributed by atoms with Gasteiger partial charge in [0.2, 0.25) is 0 Å². The largest absolute Gasteiger partial charge is 0.507 e. The molecule has 5 rings (SSSR count). The minimum absolute atomic E-state index is 0.147. The van der Waals surface area contributed by atoms with E-state index in [1.807, 2.05) is 104 Å². The molecule has 0 bridgehead atoms. The van der Waals surface area contributed by atoms with Crippen LogP contribution >= 0.6 is 0 Å². The Labute approximate surface area is 186 Å². The van der Waals surface area contributed by atoms with Crippen LogP contribution in [-0.2, 0) is 4.79 Å². The molecule has 0 unspecified atom stereocenters. The predicted molar refractivity (Wildman–Crippen MR) is 129 cm³/mol. The number of aromatic hydroxyl groups is 1. The van der Waals surface area contributed by atoms with Crippen LogP contribution in [-0.4, -0.2) is 11.1 Å². The molecule has 3 nitrogen and oxygen atoms in total. The lowest BCUT2D eigenvalue weighted by Crippen LogP contribution is -2.16. The van der Waals surface area contributed by atoms with Gasteiger partial charge in [0, 0.05) is 11.1 Å². The van der Waals surface area contributed by atoms with Crippen LogP contribution < -0.4 is 4.74 Å². The first kappa shape index (κ1) is 19.8. The molecule has 0 aromatic heterocycles. The Morgan fingerprint density at radius 1 is 0.688 bits per heavy atom. The van der Waals surface area contributed by atoms with Crippen molar-refractivity contribution < 1.29 is 14.6 Å². The molecule has 0 heterocycles. The second kappa shape index (κ2) is 8.20. The fraction of sp³-hybridized carbons (Fsp3) is 0.0690. The first-order valence-corrected chi connectivity index (χ1v) is 10.6. The number of phenols is 1. The Hall–Kier alpha value is -4.11. The fourth-order valence-corrected chi connectivity index (χ4v) is 4.19. The van der Waals surface area contributed by atoms with Gasteiger partial charge in [-0.1, -0.05) is 91.0 Å². The zero-order valence-corrected chi connectivity index (χ0v) is 17.7. The molecule has 0 saturated carbocycles. The summed E-state index contributed by atoms with van der Waals surface area (Å²) in [4.78, 5) is 13.1. The van der Waals surface area contributed by atoms with E-state index in [1.165, 1.54) is 0 Å². The Morgan fingerprint density at radius 2 is 1.25 bits per heavy atom. The fourth-order valence-electron chi connectivity index (χ4n) is 4.19. The summed E-state index contributed by atoms with van der Waals surface area (Å²) in [6, 6.07) is 32.7. The van der Waals surface area contributed by atoms with Crippen molar-refractivity contribution in [3.05, 3.63) is 109 Å². The van der Waals surface area contributed by atoms with Gasteiger partial charge < -0.3 is 9.84 Å². The molecule has 32 heavy (non-hydrogen) atoms. The van der Waals surface area contributed by atoms with Crippen molar-refractivity contribution in [3.63, 3.8) is 0 Å². The highest BCUT2D eigenvalue weighted by molar-refractivity contribution is 6.10. The molecule has 156 valence electrons. The number of carbonyl (C=O) groups excluding carboxylic acids is 1. The van der Waals surface area contributed by atoms with Gasteiger partial charge in [-0.05, 0) is 46.2 Å². The molecule has 0 amide bonds. The van der Waals surface area contributed by atoms with Gasteiger partial charge >= 0.3 is 5.97 Å². The van der Waals surface area contributed by atoms with Crippen LogP contribution in [0.1, 0.15) is 18.4 Å². The summed E-state index contributed by atoms with van der Waals surface area (Å²) in [5.74, 6) is -0.180. The van der Waals surface area contributed by atoms with Crippen molar-refractivity contribution >= 4 is 27.5 Å². The summed E-state index contributed by atoms with van der Waals surface area (Å²) in [7, 11) is 0. The first-order chi connectivity index (χ1) is 15.6. The monoisotopic (exact) mass is 418 g/mol. The van der Waals surface area contributed by atoms with Gasteiger partial charge in [-0.25, -0.2) is 0 Å². The van der Waals surface area contributed by atoms with Crippen molar-refractivity contribution in [2.75, 3.05) is 0 Å². The van der Waals surface area contributed by atoms with Crippen molar-refractivity contribution in [1.82, 2.24) is 0 Å². The molecule has 0 saturated heterocycles. The number of hydrogen-bond donors (Lipinski definition) is 1. The van der Waals surface area contributed by atoms with Crippen LogP contribution in [0.4, 0.5) is 0 Å². The van der Waals surface area contributed by atoms with Gasteiger partial charge in [0.15, 0.2) is 0 Å². The maximum atomic E-state index is 13.1. The number of hydrogen-bond acceptors (Lipinski definition) is 3. The van der Waals surface area contributed by atoms with Crippen LogP contribution in [0.25, 0.3) is 32.7 Å². The topological polar surface area (TPSA) is 46.5 Å². The molecule has 5 aromatic carbocycles. The van der Waals surface area contributed by atoms with Gasteiger partial charge in [-0.3, -0.25) is 4.79 Å². The molecule has 0 radical (unpaired) electrons. The van der Waals surface area contributed by atoms with Crippen LogP contribution in [0.15, 0.2) is 103 Å². The minimum atomic E-state index is -0.420. The normalized spacial score (nSPS) is 12.0.